The van der Waals surface area contributed by atoms with Crippen LogP contribution in [0.15, 0.2) is 0 Å². The molecular weight excluding hydrogens is 435 g/mol. The number of carbonyl (C=O) groups is 3. The van der Waals surface area contributed by atoms with Gasteiger partial charge in [-0.2, -0.15) is 0 Å². The van der Waals surface area contributed by atoms with Gasteiger partial charge in [0.1, 0.15) is 0 Å². The largest absolute Gasteiger partial charge is 0.481 e. The first kappa shape index (κ1) is 30.4. The molecule has 1 fully saturated rings. The van der Waals surface area contributed by atoms with Gasteiger partial charge in [-0.05, 0) is 25.2 Å². The fraction of sp³-hybridized carbons (Fsp3) is 0.778. The lowest BCUT2D eigenvalue weighted by Gasteiger charge is -2.33. The highest BCUT2D eigenvalue weighted by Crippen LogP contribution is 2.15. The van der Waals surface area contributed by atoms with Crippen molar-refractivity contribution in [3.8, 4) is 0 Å². The first-order chi connectivity index (χ1) is 13.2. The molecule has 0 saturated carbocycles. The van der Waals surface area contributed by atoms with E-state index in [1.807, 2.05) is 6.92 Å². The summed E-state index contributed by atoms with van der Waals surface area (Å²) in [7, 11) is 0. The fourth-order valence-corrected chi connectivity index (χ4v) is 3.21. The minimum Gasteiger partial charge on any atom is -0.481 e. The molecule has 2 amide bonds. The quantitative estimate of drug-likeness (QED) is 0.214. The number of guanidine groups is 1. The molecule has 1 aliphatic heterocycles. The molecule has 0 aliphatic carbocycles. The highest BCUT2D eigenvalue weighted by molar-refractivity contribution is 5.88. The molecule has 176 valence electrons. The third-order valence-electron chi connectivity index (χ3n) is 4.86. The molecule has 0 aromatic heterocycles. The molecule has 1 rings (SSSR count). The number of rotatable bonds is 11. The van der Waals surface area contributed by atoms with Gasteiger partial charge in [-0.1, -0.05) is 13.3 Å². The van der Waals surface area contributed by atoms with E-state index in [9.17, 15) is 14.4 Å². The highest BCUT2D eigenvalue weighted by Gasteiger charge is 2.25. The number of aliphatic carboxylic acids is 1. The second-order valence-electron chi connectivity index (χ2n) is 7.28. The molecule has 2 atom stereocenters. The average Bonchev–Trinajstić information content (AvgIpc) is 2.66. The summed E-state index contributed by atoms with van der Waals surface area (Å²) in [6.07, 6.45) is 3.17. The summed E-state index contributed by atoms with van der Waals surface area (Å²) in [5.41, 5.74) is 11.4. The monoisotopic (exact) mass is 470 g/mol. The average molecular weight is 471 g/mol. The van der Waals surface area contributed by atoms with Crippen LogP contribution >= 0.6 is 24.8 Å². The Balaban J connectivity index is 0. The lowest BCUT2D eigenvalue weighted by atomic mass is 9.98. The Bertz CT molecular complexity index is 567. The molecule has 0 unspecified atom stereocenters. The van der Waals surface area contributed by atoms with E-state index in [1.54, 1.807) is 4.90 Å². The summed E-state index contributed by atoms with van der Waals surface area (Å²) in [6, 6.07) is -0.995. The van der Waals surface area contributed by atoms with Crippen molar-refractivity contribution in [3.05, 3.63) is 0 Å². The van der Waals surface area contributed by atoms with Gasteiger partial charge in [-0.3, -0.25) is 19.8 Å². The van der Waals surface area contributed by atoms with E-state index in [4.69, 9.17) is 22.0 Å². The molecule has 0 radical (unpaired) electrons. The Morgan fingerprint density at radius 1 is 1.30 bits per heavy atom. The van der Waals surface area contributed by atoms with Crippen molar-refractivity contribution in [1.29, 1.82) is 5.41 Å². The number of carboxylic acid groups (broad SMARTS) is 1. The van der Waals surface area contributed by atoms with Crippen LogP contribution in [0.4, 0.5) is 0 Å². The Labute approximate surface area is 190 Å². The number of hydrogen-bond acceptors (Lipinski definition) is 5. The molecule has 0 aromatic rings. The molecule has 10 nitrogen and oxygen atoms in total. The van der Waals surface area contributed by atoms with Crippen molar-refractivity contribution >= 4 is 48.6 Å². The Kier molecular flexibility index (Phi) is 16.2. The van der Waals surface area contributed by atoms with E-state index in [0.29, 0.717) is 19.6 Å². The van der Waals surface area contributed by atoms with Gasteiger partial charge < -0.3 is 31.7 Å². The van der Waals surface area contributed by atoms with Gasteiger partial charge >= 0.3 is 5.97 Å². The summed E-state index contributed by atoms with van der Waals surface area (Å²) in [5, 5.41) is 19.2. The summed E-state index contributed by atoms with van der Waals surface area (Å²) in [4.78, 5) is 38.7. The standard InChI is InChI=1S/C18H34N6O4.2ClH/c1-2-3-7-23(9-6-16(26)27)17(28)14(19)10-15(25)22-11-13-5-4-8-24(12-13)18(20)21;;/h13-14H,2-12,19H2,1H3,(H3,20,21)(H,22,25)(H,26,27);2*1H/t13-,14-;;/m0../s1. The number of hydrogen-bond donors (Lipinski definition) is 5. The zero-order chi connectivity index (χ0) is 21.1. The predicted molar refractivity (Wildman–Crippen MR) is 120 cm³/mol. The zero-order valence-electron chi connectivity index (χ0n) is 17.5. The number of nitrogens with zero attached hydrogens (tertiary/aromatic N) is 2. The maximum absolute atomic E-state index is 12.5. The maximum atomic E-state index is 12.5. The van der Waals surface area contributed by atoms with Crippen molar-refractivity contribution in [2.24, 2.45) is 17.4 Å². The minimum atomic E-state index is -0.995. The van der Waals surface area contributed by atoms with Gasteiger partial charge in [0, 0.05) is 32.7 Å². The number of carboxylic acids is 1. The molecule has 1 heterocycles. The number of piperidine rings is 1. The van der Waals surface area contributed by atoms with E-state index in [-0.39, 0.29) is 62.0 Å². The van der Waals surface area contributed by atoms with Crippen LogP contribution in [0.5, 0.6) is 0 Å². The predicted octanol–water partition coefficient (Wildman–Crippen LogP) is 0.372. The highest BCUT2D eigenvalue weighted by atomic mass is 35.5. The Morgan fingerprint density at radius 3 is 2.53 bits per heavy atom. The van der Waals surface area contributed by atoms with Crippen LogP contribution in [-0.2, 0) is 14.4 Å². The van der Waals surface area contributed by atoms with E-state index in [0.717, 1.165) is 32.2 Å². The first-order valence-electron chi connectivity index (χ1n) is 9.86. The minimum absolute atomic E-state index is 0. The van der Waals surface area contributed by atoms with Crippen LogP contribution in [-0.4, -0.2) is 77.4 Å². The summed E-state index contributed by atoms with van der Waals surface area (Å²) < 4.78 is 0. The van der Waals surface area contributed by atoms with E-state index >= 15 is 0 Å². The second kappa shape index (κ2) is 16.0. The third-order valence-corrected chi connectivity index (χ3v) is 4.86. The summed E-state index contributed by atoms with van der Waals surface area (Å²) in [5.74, 6) is -1.45. The van der Waals surface area contributed by atoms with Crippen LogP contribution in [0, 0.1) is 11.3 Å². The third kappa shape index (κ3) is 11.4. The molecule has 7 N–H and O–H groups in total. The summed E-state index contributed by atoms with van der Waals surface area (Å²) in [6.45, 7) is 4.32. The van der Waals surface area contributed by atoms with Crippen LogP contribution in [0.3, 0.4) is 0 Å². The van der Waals surface area contributed by atoms with Gasteiger partial charge in [0.15, 0.2) is 5.96 Å². The molecular formula is C18H36Cl2N6O4. The number of likely N-dealkylation sites (tertiary alicyclic amines) is 1. The van der Waals surface area contributed by atoms with Gasteiger partial charge in [0.05, 0.1) is 18.9 Å². The molecule has 0 bridgehead atoms. The smallest absolute Gasteiger partial charge is 0.305 e. The Hall–Kier alpha value is -1.78. The number of halogens is 2. The number of carbonyl (C=O) groups excluding carboxylic acids is 2. The van der Waals surface area contributed by atoms with E-state index in [1.165, 1.54) is 4.90 Å². The number of unbranched alkanes of at least 4 members (excludes halogenated alkanes) is 1. The Morgan fingerprint density at radius 2 is 1.97 bits per heavy atom. The van der Waals surface area contributed by atoms with E-state index in [2.05, 4.69) is 5.32 Å². The molecule has 1 saturated heterocycles. The molecule has 0 spiro atoms. The van der Waals surface area contributed by atoms with Crippen molar-refractivity contribution in [2.45, 2.75) is 51.5 Å². The second-order valence-corrected chi connectivity index (χ2v) is 7.28. The number of amides is 2. The number of nitrogens with two attached hydrogens (primary N) is 2. The van der Waals surface area contributed by atoms with Crippen molar-refractivity contribution in [2.75, 3.05) is 32.7 Å². The van der Waals surface area contributed by atoms with Crippen LogP contribution in [0.25, 0.3) is 0 Å². The van der Waals surface area contributed by atoms with Gasteiger partial charge in [-0.25, -0.2) is 0 Å². The van der Waals surface area contributed by atoms with Crippen molar-refractivity contribution in [3.63, 3.8) is 0 Å². The fourth-order valence-electron chi connectivity index (χ4n) is 3.21. The molecule has 0 aromatic carbocycles. The topological polar surface area (TPSA) is 166 Å². The lowest BCUT2D eigenvalue weighted by Crippen LogP contribution is -2.48. The molecule has 12 heteroatoms. The molecule has 30 heavy (non-hydrogen) atoms. The SMILES string of the molecule is CCCCN(CCC(=O)O)C(=O)[C@@H](N)CC(=O)NC[C@@H]1CCCN(C(=N)N)C1.Cl.Cl. The maximum Gasteiger partial charge on any atom is 0.305 e. The zero-order valence-corrected chi connectivity index (χ0v) is 19.1. The van der Waals surface area contributed by atoms with E-state index < -0.39 is 17.9 Å². The van der Waals surface area contributed by atoms with Crippen molar-refractivity contribution < 1.29 is 19.5 Å². The van der Waals surface area contributed by atoms with Gasteiger partial charge in [-0.15, -0.1) is 24.8 Å². The normalized spacial score (nSPS) is 16.5. The van der Waals surface area contributed by atoms with Gasteiger partial charge in [0.2, 0.25) is 11.8 Å². The number of nitrogens with one attached hydrogen (secondary N) is 2. The van der Waals surface area contributed by atoms with Crippen molar-refractivity contribution in [1.82, 2.24) is 15.1 Å². The molecule has 1 aliphatic rings. The van der Waals surface area contributed by atoms with Crippen LogP contribution in [0.1, 0.15) is 45.4 Å². The lowest BCUT2D eigenvalue weighted by molar-refractivity contribution is -0.139. The van der Waals surface area contributed by atoms with Crippen LogP contribution < -0.4 is 16.8 Å². The van der Waals surface area contributed by atoms with Gasteiger partial charge in [0.25, 0.3) is 0 Å². The summed E-state index contributed by atoms with van der Waals surface area (Å²) >= 11 is 0. The van der Waals surface area contributed by atoms with Crippen LogP contribution in [0.2, 0.25) is 0 Å². The first-order valence-corrected chi connectivity index (χ1v) is 9.86.